The Morgan fingerprint density at radius 2 is 1.53 bits per heavy atom. The van der Waals surface area contributed by atoms with E-state index in [1.165, 1.54) is 22.6 Å². The maximum atomic E-state index is 13.8. The zero-order valence-corrected chi connectivity index (χ0v) is 24.2. The van der Waals surface area contributed by atoms with Crippen LogP contribution in [0.4, 0.5) is 22.0 Å². The van der Waals surface area contributed by atoms with Crippen molar-refractivity contribution >= 4 is 112 Å². The minimum Gasteiger partial charge on any atom is -0.743 e. The molecule has 8 nitrogen and oxygen atoms in total. The van der Waals surface area contributed by atoms with Crippen LogP contribution in [0, 0.1) is 14.3 Å². The third kappa shape index (κ3) is 6.23. The lowest BCUT2D eigenvalue weighted by atomic mass is 10.1. The molecule has 1 aromatic carbocycles. The van der Waals surface area contributed by atoms with E-state index in [9.17, 15) is 44.5 Å². The van der Waals surface area contributed by atoms with E-state index in [4.69, 9.17) is 9.47 Å². The van der Waals surface area contributed by atoms with Crippen molar-refractivity contribution in [3.63, 3.8) is 0 Å². The average Bonchev–Trinajstić information content (AvgIpc) is 3.47. The predicted molar refractivity (Wildman–Crippen MR) is 129 cm³/mol. The van der Waals surface area contributed by atoms with Crippen LogP contribution in [0.1, 0.15) is 20.7 Å². The lowest BCUT2D eigenvalue weighted by Crippen LogP contribution is -2.59. The van der Waals surface area contributed by atoms with Crippen LogP contribution in [0.25, 0.3) is 0 Å². The van der Waals surface area contributed by atoms with Crippen molar-refractivity contribution in [1.29, 1.82) is 0 Å². The normalized spacial score (nSPS) is 17.6. The number of benzene rings is 1. The Bertz CT molecular complexity index is 1060. The van der Waals surface area contributed by atoms with Crippen molar-refractivity contribution < 1.29 is 54.0 Å². The summed E-state index contributed by atoms with van der Waals surface area (Å²) in [4.78, 5) is 25.3. The van der Waals surface area contributed by atoms with Gasteiger partial charge in [0.15, 0.2) is 10.1 Å². The van der Waals surface area contributed by atoms with Gasteiger partial charge in [-0.15, -0.1) is 0 Å². The number of carbonyl (C=O) groups excluding carboxylic acids is 2. The quantitative estimate of drug-likeness (QED) is 0.0846. The van der Waals surface area contributed by atoms with Crippen molar-refractivity contribution in [2.24, 2.45) is 0 Å². The number of carbonyl (C=O) groups is 2. The van der Waals surface area contributed by atoms with E-state index in [1.807, 2.05) is 0 Å². The molecular formula is C14H7F5I4NO7S-. The highest BCUT2D eigenvalue weighted by molar-refractivity contribution is 14.1. The first-order valence-electron chi connectivity index (χ1n) is 7.76. The van der Waals surface area contributed by atoms with E-state index in [0.29, 0.717) is 13.7 Å². The molecule has 0 spiro atoms. The van der Waals surface area contributed by atoms with Crippen LogP contribution in [0.3, 0.4) is 0 Å². The molecule has 1 amide bonds. The minimum absolute atomic E-state index is 0.0747. The van der Waals surface area contributed by atoms with Gasteiger partial charge in [0.05, 0.1) is 17.7 Å². The Morgan fingerprint density at radius 3 is 1.94 bits per heavy atom. The van der Waals surface area contributed by atoms with Crippen LogP contribution in [0.15, 0.2) is 0 Å². The molecule has 0 aromatic heterocycles. The molecule has 1 aliphatic heterocycles. The second kappa shape index (κ2) is 10.3. The number of alkyl halides is 5. The van der Waals surface area contributed by atoms with Crippen molar-refractivity contribution in [1.82, 2.24) is 5.32 Å². The molecule has 1 aliphatic rings. The first kappa shape index (κ1) is 28.8. The third-order valence-electron chi connectivity index (χ3n) is 3.77. The molecule has 1 saturated heterocycles. The number of ether oxygens (including phenoxy) is 2. The first-order chi connectivity index (χ1) is 14.4. The molecule has 1 heterocycles. The molecular weight excluding hydrogens is 929 g/mol. The monoisotopic (exact) mass is 936 g/mol. The molecule has 0 bridgehead atoms. The summed E-state index contributed by atoms with van der Waals surface area (Å²) >= 11 is 6.68. The van der Waals surface area contributed by atoms with Gasteiger partial charge in [-0.3, -0.25) is 4.79 Å². The number of amides is 1. The number of epoxide rings is 1. The Kier molecular flexibility index (Phi) is 9.28. The van der Waals surface area contributed by atoms with Gasteiger partial charge in [0.2, 0.25) is 6.04 Å². The van der Waals surface area contributed by atoms with E-state index < -0.39 is 50.6 Å². The topological polar surface area (TPSA) is 125 Å². The SMILES string of the molecule is O=C(NC(C(F)(F)F)C(F)(F)S(=O)(=O)[O-])c1c(I)c(I)c(I)c(I)c1C(=O)OCC1CO1. The average molecular weight is 936 g/mol. The molecule has 0 radical (unpaired) electrons. The first-order valence-corrected chi connectivity index (χ1v) is 13.5. The van der Waals surface area contributed by atoms with E-state index in [1.54, 1.807) is 67.8 Å². The van der Waals surface area contributed by atoms with Gasteiger partial charge < -0.3 is 19.3 Å². The molecule has 0 aliphatic carbocycles. The molecule has 2 unspecified atom stereocenters. The summed E-state index contributed by atoms with van der Waals surface area (Å²) in [6.07, 6.45) is -6.40. The summed E-state index contributed by atoms with van der Waals surface area (Å²) in [5.74, 6) is -2.98. The van der Waals surface area contributed by atoms with Gasteiger partial charge in [0, 0.05) is 14.3 Å². The lowest BCUT2D eigenvalue weighted by Gasteiger charge is -2.31. The van der Waals surface area contributed by atoms with Gasteiger partial charge in [-0.25, -0.2) is 13.2 Å². The number of rotatable bonds is 7. The highest BCUT2D eigenvalue weighted by Gasteiger charge is 2.61. The smallest absolute Gasteiger partial charge is 0.415 e. The van der Waals surface area contributed by atoms with E-state index in [2.05, 4.69) is 0 Å². The molecule has 0 saturated carbocycles. The van der Waals surface area contributed by atoms with Crippen LogP contribution in [0.5, 0.6) is 0 Å². The Labute approximate surface area is 231 Å². The summed E-state index contributed by atoms with van der Waals surface area (Å²) in [6, 6.07) is -4.36. The fourth-order valence-electron chi connectivity index (χ4n) is 2.15. The maximum absolute atomic E-state index is 13.8. The van der Waals surface area contributed by atoms with E-state index >= 15 is 0 Å². The van der Waals surface area contributed by atoms with Gasteiger partial charge >= 0.3 is 17.4 Å². The molecule has 180 valence electrons. The zero-order valence-electron chi connectivity index (χ0n) is 14.7. The summed E-state index contributed by atoms with van der Waals surface area (Å²) in [7, 11) is -6.81. The van der Waals surface area contributed by atoms with Gasteiger partial charge in [-0.2, -0.15) is 22.0 Å². The standard InChI is InChI=1S/C14H8F5I4NO7S/c15-13(16,17)12(14(18,19)32(27,28)29)24-10(25)4-5(11(26)31-2-3-1-30-3)7(21)9(23)8(22)6(4)20/h3,12H,1-2H2,(H,24,25)(H,27,28,29)/p-1. The van der Waals surface area contributed by atoms with E-state index in [0.717, 1.165) is 5.32 Å². The molecule has 18 heteroatoms. The molecule has 1 N–H and O–H groups in total. The summed E-state index contributed by atoms with van der Waals surface area (Å²) in [5, 5.41) is -5.05. The van der Waals surface area contributed by atoms with Crippen LogP contribution in [0.2, 0.25) is 0 Å². The van der Waals surface area contributed by atoms with Crippen LogP contribution in [-0.4, -0.2) is 61.6 Å². The fraction of sp³-hybridized carbons (Fsp3) is 0.429. The molecule has 32 heavy (non-hydrogen) atoms. The molecule has 2 rings (SSSR count). The predicted octanol–water partition coefficient (Wildman–Crippen LogP) is 3.46. The van der Waals surface area contributed by atoms with Crippen LogP contribution in [-0.2, 0) is 19.6 Å². The second-order valence-electron chi connectivity index (χ2n) is 6.02. The highest BCUT2D eigenvalue weighted by atomic mass is 127. The molecule has 2 atom stereocenters. The van der Waals surface area contributed by atoms with Crippen molar-refractivity contribution in [2.45, 2.75) is 23.6 Å². The third-order valence-corrected chi connectivity index (χ3v) is 12.1. The number of hydrogen-bond donors (Lipinski definition) is 1. The van der Waals surface area contributed by atoms with Gasteiger partial charge in [0.1, 0.15) is 12.7 Å². The number of esters is 1. The summed E-state index contributed by atoms with van der Waals surface area (Å²) < 4.78 is 110. The zero-order chi connectivity index (χ0) is 24.8. The molecule has 1 aromatic rings. The van der Waals surface area contributed by atoms with Crippen molar-refractivity contribution in [3.05, 3.63) is 25.4 Å². The fourth-order valence-corrected chi connectivity index (χ4v) is 6.28. The summed E-state index contributed by atoms with van der Waals surface area (Å²) in [5.41, 5.74) is -1.25. The van der Waals surface area contributed by atoms with Gasteiger partial charge in [-0.1, -0.05) is 0 Å². The minimum atomic E-state index is -6.81. The maximum Gasteiger partial charge on any atom is 0.415 e. The largest absolute Gasteiger partial charge is 0.743 e. The number of hydrogen-bond acceptors (Lipinski definition) is 7. The van der Waals surface area contributed by atoms with E-state index in [-0.39, 0.29) is 19.9 Å². The van der Waals surface area contributed by atoms with Crippen molar-refractivity contribution in [3.8, 4) is 0 Å². The Hall–Kier alpha value is 0.600. The van der Waals surface area contributed by atoms with Crippen LogP contribution >= 0.6 is 90.4 Å². The Balaban J connectivity index is 2.59. The second-order valence-corrected chi connectivity index (χ2v) is 11.8. The van der Waals surface area contributed by atoms with Crippen LogP contribution < -0.4 is 5.32 Å². The number of halogens is 9. The van der Waals surface area contributed by atoms with Gasteiger partial charge in [0.25, 0.3) is 5.91 Å². The highest BCUT2D eigenvalue weighted by Crippen LogP contribution is 2.37. The summed E-state index contributed by atoms with van der Waals surface area (Å²) in [6.45, 7) is 0.0955. The molecule has 1 fully saturated rings. The van der Waals surface area contributed by atoms with Crippen molar-refractivity contribution in [2.75, 3.05) is 13.2 Å². The lowest BCUT2D eigenvalue weighted by molar-refractivity contribution is -0.191. The number of nitrogens with one attached hydrogen (secondary N) is 1. The van der Waals surface area contributed by atoms with Gasteiger partial charge in [-0.05, 0) is 90.4 Å². The Morgan fingerprint density at radius 1 is 1.06 bits per heavy atom.